The Morgan fingerprint density at radius 1 is 1.08 bits per heavy atom. The summed E-state index contributed by atoms with van der Waals surface area (Å²) in [5.74, 6) is 1.74. The van der Waals surface area contributed by atoms with Crippen LogP contribution in [-0.2, 0) is 16.1 Å². The monoisotopic (exact) mass is 350 g/mol. The minimum Gasteiger partial charge on any atom is -0.493 e. The largest absolute Gasteiger partial charge is 0.493 e. The SMILES string of the molecule is CCOCCCC(=O)N1CCN(Cc2ccc(OC)c(OC)c2)CC1. The van der Waals surface area contributed by atoms with Crippen molar-refractivity contribution in [3.05, 3.63) is 23.8 Å². The summed E-state index contributed by atoms with van der Waals surface area (Å²) in [6, 6.07) is 6.02. The molecular weight excluding hydrogens is 320 g/mol. The van der Waals surface area contributed by atoms with Crippen molar-refractivity contribution in [1.29, 1.82) is 0 Å². The number of hydrogen-bond donors (Lipinski definition) is 0. The Kier molecular flexibility index (Phi) is 8.01. The Hall–Kier alpha value is -1.79. The highest BCUT2D eigenvalue weighted by Crippen LogP contribution is 2.28. The Labute approximate surface area is 150 Å². The molecule has 0 unspecified atom stereocenters. The van der Waals surface area contributed by atoms with Gasteiger partial charge in [0.05, 0.1) is 14.2 Å². The van der Waals surface area contributed by atoms with E-state index in [1.54, 1.807) is 14.2 Å². The number of nitrogens with zero attached hydrogens (tertiary/aromatic N) is 2. The second-order valence-corrected chi connectivity index (χ2v) is 6.15. The Bertz CT molecular complexity index is 542. The van der Waals surface area contributed by atoms with Gasteiger partial charge in [-0.3, -0.25) is 9.69 Å². The maximum absolute atomic E-state index is 12.2. The fourth-order valence-electron chi connectivity index (χ4n) is 3.02. The maximum Gasteiger partial charge on any atom is 0.222 e. The zero-order valence-corrected chi connectivity index (χ0v) is 15.6. The van der Waals surface area contributed by atoms with Crippen LogP contribution in [0.5, 0.6) is 11.5 Å². The van der Waals surface area contributed by atoms with Crippen molar-refractivity contribution in [3.8, 4) is 11.5 Å². The first-order valence-electron chi connectivity index (χ1n) is 8.96. The van der Waals surface area contributed by atoms with Gasteiger partial charge >= 0.3 is 0 Å². The van der Waals surface area contributed by atoms with Crippen LogP contribution in [0, 0.1) is 0 Å². The number of carbonyl (C=O) groups excluding carboxylic acids is 1. The fourth-order valence-corrected chi connectivity index (χ4v) is 3.02. The van der Waals surface area contributed by atoms with Crippen LogP contribution in [0.4, 0.5) is 0 Å². The highest BCUT2D eigenvalue weighted by molar-refractivity contribution is 5.76. The van der Waals surface area contributed by atoms with Crippen LogP contribution in [0.3, 0.4) is 0 Å². The van der Waals surface area contributed by atoms with Gasteiger partial charge in [-0.1, -0.05) is 6.07 Å². The second kappa shape index (κ2) is 10.3. The highest BCUT2D eigenvalue weighted by atomic mass is 16.5. The van der Waals surface area contributed by atoms with E-state index in [1.165, 1.54) is 5.56 Å². The Balaban J connectivity index is 1.77. The molecule has 6 heteroatoms. The predicted octanol–water partition coefficient (Wildman–Crippen LogP) is 2.16. The first-order valence-corrected chi connectivity index (χ1v) is 8.96. The summed E-state index contributed by atoms with van der Waals surface area (Å²) in [7, 11) is 3.29. The highest BCUT2D eigenvalue weighted by Gasteiger charge is 2.21. The summed E-state index contributed by atoms with van der Waals surface area (Å²) in [4.78, 5) is 16.5. The van der Waals surface area contributed by atoms with Crippen LogP contribution in [-0.4, -0.2) is 69.3 Å². The number of rotatable bonds is 9. The zero-order valence-electron chi connectivity index (χ0n) is 15.6. The number of amides is 1. The van der Waals surface area contributed by atoms with Crippen molar-refractivity contribution in [1.82, 2.24) is 9.80 Å². The van der Waals surface area contributed by atoms with E-state index in [-0.39, 0.29) is 5.91 Å². The molecule has 0 N–H and O–H groups in total. The maximum atomic E-state index is 12.2. The van der Waals surface area contributed by atoms with Gasteiger partial charge in [-0.05, 0) is 31.0 Å². The molecule has 1 aliphatic heterocycles. The lowest BCUT2D eigenvalue weighted by molar-refractivity contribution is -0.133. The lowest BCUT2D eigenvalue weighted by atomic mass is 10.1. The van der Waals surface area contributed by atoms with Crippen LogP contribution in [0.2, 0.25) is 0 Å². The molecule has 0 spiro atoms. The number of hydrogen-bond acceptors (Lipinski definition) is 5. The summed E-state index contributed by atoms with van der Waals surface area (Å²) >= 11 is 0. The third kappa shape index (κ3) is 5.90. The van der Waals surface area contributed by atoms with E-state index >= 15 is 0 Å². The first-order chi connectivity index (χ1) is 12.2. The molecule has 1 aromatic carbocycles. The van der Waals surface area contributed by atoms with Gasteiger partial charge in [-0.2, -0.15) is 0 Å². The molecule has 0 radical (unpaired) electrons. The molecule has 0 saturated carbocycles. The minimum atomic E-state index is 0.241. The van der Waals surface area contributed by atoms with Crippen LogP contribution >= 0.6 is 0 Å². The van der Waals surface area contributed by atoms with Crippen molar-refractivity contribution in [3.63, 3.8) is 0 Å². The molecule has 6 nitrogen and oxygen atoms in total. The Morgan fingerprint density at radius 3 is 2.44 bits per heavy atom. The molecule has 1 saturated heterocycles. The van der Waals surface area contributed by atoms with Crippen molar-refractivity contribution >= 4 is 5.91 Å². The average molecular weight is 350 g/mol. The van der Waals surface area contributed by atoms with Gasteiger partial charge in [0.25, 0.3) is 0 Å². The topological polar surface area (TPSA) is 51.2 Å². The summed E-state index contributed by atoms with van der Waals surface area (Å²) in [6.07, 6.45) is 1.38. The van der Waals surface area contributed by atoms with Gasteiger partial charge < -0.3 is 19.1 Å². The van der Waals surface area contributed by atoms with E-state index in [4.69, 9.17) is 14.2 Å². The van der Waals surface area contributed by atoms with Gasteiger partial charge in [0, 0.05) is 52.4 Å². The van der Waals surface area contributed by atoms with E-state index in [9.17, 15) is 4.79 Å². The van der Waals surface area contributed by atoms with E-state index < -0.39 is 0 Å². The van der Waals surface area contributed by atoms with E-state index in [2.05, 4.69) is 11.0 Å². The standard InChI is InChI=1S/C19H30N2O4/c1-4-25-13-5-6-19(22)21-11-9-20(10-12-21)15-16-7-8-17(23-2)18(14-16)24-3/h7-8,14H,4-6,9-13,15H2,1-3H3. The molecule has 1 fully saturated rings. The van der Waals surface area contributed by atoms with Crippen molar-refractivity contribution in [2.45, 2.75) is 26.3 Å². The van der Waals surface area contributed by atoms with Crippen LogP contribution in [0.25, 0.3) is 0 Å². The molecule has 1 aliphatic rings. The summed E-state index contributed by atoms with van der Waals surface area (Å²) in [5, 5.41) is 0. The summed E-state index contributed by atoms with van der Waals surface area (Å²) in [5.41, 5.74) is 1.19. The second-order valence-electron chi connectivity index (χ2n) is 6.15. The number of carbonyl (C=O) groups is 1. The number of ether oxygens (including phenoxy) is 3. The molecule has 140 valence electrons. The summed E-state index contributed by atoms with van der Waals surface area (Å²) in [6.45, 7) is 7.58. The quantitative estimate of drug-likeness (QED) is 0.639. The van der Waals surface area contributed by atoms with Gasteiger partial charge in [-0.25, -0.2) is 0 Å². The molecule has 0 aliphatic carbocycles. The van der Waals surface area contributed by atoms with Crippen LogP contribution < -0.4 is 9.47 Å². The van der Waals surface area contributed by atoms with Crippen LogP contribution in [0.1, 0.15) is 25.3 Å². The van der Waals surface area contributed by atoms with Crippen LogP contribution in [0.15, 0.2) is 18.2 Å². The van der Waals surface area contributed by atoms with Crippen molar-refractivity contribution in [2.24, 2.45) is 0 Å². The normalized spacial score (nSPS) is 15.2. The number of methoxy groups -OCH3 is 2. The molecule has 2 rings (SSSR count). The number of benzene rings is 1. The Morgan fingerprint density at radius 2 is 1.80 bits per heavy atom. The third-order valence-electron chi connectivity index (χ3n) is 4.46. The smallest absolute Gasteiger partial charge is 0.222 e. The average Bonchev–Trinajstić information content (AvgIpc) is 2.65. The molecule has 1 heterocycles. The van der Waals surface area contributed by atoms with E-state index in [0.717, 1.165) is 50.6 Å². The first kappa shape index (κ1) is 19.5. The molecule has 25 heavy (non-hydrogen) atoms. The lowest BCUT2D eigenvalue weighted by Crippen LogP contribution is -2.48. The third-order valence-corrected chi connectivity index (χ3v) is 4.46. The predicted molar refractivity (Wildman–Crippen MR) is 97.1 cm³/mol. The van der Waals surface area contributed by atoms with Gasteiger partial charge in [-0.15, -0.1) is 0 Å². The van der Waals surface area contributed by atoms with E-state index in [0.29, 0.717) is 19.6 Å². The lowest BCUT2D eigenvalue weighted by Gasteiger charge is -2.35. The summed E-state index contributed by atoms with van der Waals surface area (Å²) < 4.78 is 15.9. The number of piperazine rings is 1. The molecule has 0 atom stereocenters. The molecular formula is C19H30N2O4. The molecule has 1 amide bonds. The van der Waals surface area contributed by atoms with Gasteiger partial charge in [0.2, 0.25) is 5.91 Å². The van der Waals surface area contributed by atoms with Crippen molar-refractivity contribution < 1.29 is 19.0 Å². The van der Waals surface area contributed by atoms with Gasteiger partial charge in [0.1, 0.15) is 0 Å². The molecule has 1 aromatic rings. The fraction of sp³-hybridized carbons (Fsp3) is 0.632. The molecule has 0 bridgehead atoms. The minimum absolute atomic E-state index is 0.241. The van der Waals surface area contributed by atoms with Gasteiger partial charge in [0.15, 0.2) is 11.5 Å². The van der Waals surface area contributed by atoms with E-state index in [1.807, 2.05) is 24.0 Å². The molecule has 0 aromatic heterocycles. The van der Waals surface area contributed by atoms with Crippen molar-refractivity contribution in [2.75, 3.05) is 53.6 Å². The zero-order chi connectivity index (χ0) is 18.1.